The number of aromatic nitrogens is 2. The third-order valence-corrected chi connectivity index (χ3v) is 3.62. The summed E-state index contributed by atoms with van der Waals surface area (Å²) in [6.45, 7) is 6.60. The van der Waals surface area contributed by atoms with Crippen molar-refractivity contribution >= 4 is 0 Å². The van der Waals surface area contributed by atoms with Gasteiger partial charge in [-0.2, -0.15) is 4.98 Å². The van der Waals surface area contributed by atoms with Crippen LogP contribution in [0.25, 0.3) is 0 Å². The predicted octanol–water partition coefficient (Wildman–Crippen LogP) is 1.42. The summed E-state index contributed by atoms with van der Waals surface area (Å²) in [5.41, 5.74) is 0. The minimum atomic E-state index is 0.459. The Morgan fingerprint density at radius 3 is 3.17 bits per heavy atom. The maximum atomic E-state index is 5.33. The molecule has 102 valence electrons. The van der Waals surface area contributed by atoms with Crippen LogP contribution in [0.5, 0.6) is 0 Å². The molecule has 0 spiro atoms. The highest BCUT2D eigenvalue weighted by Gasteiger charge is 2.24. The molecule has 5 heteroatoms. The molecule has 1 aromatic rings. The minimum Gasteiger partial charge on any atom is -0.339 e. The molecule has 0 radical (unpaired) electrons. The summed E-state index contributed by atoms with van der Waals surface area (Å²) in [5, 5.41) is 7.28. The highest BCUT2D eigenvalue weighted by molar-refractivity contribution is 4.98. The largest absolute Gasteiger partial charge is 0.339 e. The fraction of sp³-hybridized carbons (Fsp3) is 0.846. The maximum Gasteiger partial charge on any atom is 0.226 e. The van der Waals surface area contributed by atoms with Gasteiger partial charge in [0, 0.05) is 18.9 Å². The van der Waals surface area contributed by atoms with Gasteiger partial charge in [-0.1, -0.05) is 12.1 Å². The molecule has 1 aliphatic heterocycles. The van der Waals surface area contributed by atoms with Gasteiger partial charge >= 0.3 is 0 Å². The van der Waals surface area contributed by atoms with Crippen LogP contribution >= 0.6 is 0 Å². The van der Waals surface area contributed by atoms with E-state index < -0.39 is 0 Å². The number of nitrogens with one attached hydrogen (secondary N) is 1. The monoisotopic (exact) mass is 252 g/mol. The van der Waals surface area contributed by atoms with Gasteiger partial charge in [-0.15, -0.1) is 0 Å². The number of nitrogens with zero attached hydrogens (tertiary/aromatic N) is 3. The molecule has 1 aliphatic rings. The number of hydrogen-bond acceptors (Lipinski definition) is 5. The van der Waals surface area contributed by atoms with Crippen molar-refractivity contribution < 1.29 is 4.52 Å². The highest BCUT2D eigenvalue weighted by Crippen LogP contribution is 2.24. The zero-order chi connectivity index (χ0) is 12.8. The van der Waals surface area contributed by atoms with Crippen molar-refractivity contribution in [2.24, 2.45) is 0 Å². The molecule has 0 aromatic carbocycles. The molecule has 2 rings (SSSR count). The molecule has 18 heavy (non-hydrogen) atoms. The van der Waals surface area contributed by atoms with Gasteiger partial charge in [0.2, 0.25) is 5.89 Å². The van der Waals surface area contributed by atoms with E-state index in [1.807, 2.05) is 7.05 Å². The van der Waals surface area contributed by atoms with Crippen LogP contribution in [0, 0.1) is 0 Å². The number of hydrogen-bond donors (Lipinski definition) is 1. The summed E-state index contributed by atoms with van der Waals surface area (Å²) in [4.78, 5) is 7.01. The molecule has 5 nitrogen and oxygen atoms in total. The summed E-state index contributed by atoms with van der Waals surface area (Å²) in [7, 11) is 1.96. The van der Waals surface area contributed by atoms with Gasteiger partial charge < -0.3 is 14.7 Å². The molecule has 1 N–H and O–H groups in total. The fourth-order valence-corrected chi connectivity index (χ4v) is 2.51. The van der Waals surface area contributed by atoms with Crippen molar-refractivity contribution in [3.63, 3.8) is 0 Å². The molecule has 0 bridgehead atoms. The normalized spacial score (nSPS) is 21.3. The van der Waals surface area contributed by atoms with Crippen LogP contribution in [0.3, 0.4) is 0 Å². The summed E-state index contributed by atoms with van der Waals surface area (Å²) in [5.74, 6) is 2.15. The van der Waals surface area contributed by atoms with Gasteiger partial charge in [0.25, 0.3) is 0 Å². The number of likely N-dealkylation sites (tertiary alicyclic amines) is 1. The molecule has 2 heterocycles. The van der Waals surface area contributed by atoms with Crippen LogP contribution in [-0.4, -0.2) is 48.3 Å². The topological polar surface area (TPSA) is 54.2 Å². The third kappa shape index (κ3) is 3.53. The molecule has 1 unspecified atom stereocenters. The second kappa shape index (κ2) is 6.85. The van der Waals surface area contributed by atoms with Crippen LogP contribution in [0.1, 0.15) is 43.8 Å². The lowest BCUT2D eigenvalue weighted by Gasteiger charge is -2.29. The Balaban J connectivity index is 1.88. The van der Waals surface area contributed by atoms with Crippen molar-refractivity contribution in [3.8, 4) is 0 Å². The highest BCUT2D eigenvalue weighted by atomic mass is 16.5. The summed E-state index contributed by atoms with van der Waals surface area (Å²) in [6.07, 6.45) is 4.34. The van der Waals surface area contributed by atoms with Gasteiger partial charge in [0.05, 0.1) is 0 Å². The number of rotatable bonds is 6. The van der Waals surface area contributed by atoms with Crippen molar-refractivity contribution in [1.29, 1.82) is 0 Å². The van der Waals surface area contributed by atoms with E-state index in [1.54, 1.807) is 0 Å². The van der Waals surface area contributed by atoms with E-state index in [-0.39, 0.29) is 0 Å². The molecule has 1 atom stereocenters. The van der Waals surface area contributed by atoms with Crippen molar-refractivity contribution in [2.45, 2.75) is 38.5 Å². The van der Waals surface area contributed by atoms with E-state index in [9.17, 15) is 0 Å². The molecule has 1 saturated heterocycles. The Kier molecular flexibility index (Phi) is 5.13. The Labute approximate surface area is 109 Å². The Morgan fingerprint density at radius 2 is 2.39 bits per heavy atom. The second-order valence-corrected chi connectivity index (χ2v) is 4.99. The van der Waals surface area contributed by atoms with Gasteiger partial charge in [0.1, 0.15) is 0 Å². The Morgan fingerprint density at radius 1 is 1.50 bits per heavy atom. The standard InChI is InChI=1S/C13H24N4O/c1-3-17-9-5-6-11(10-17)13-15-12(18-16-13)7-4-8-14-2/h11,14H,3-10H2,1-2H3. The van der Waals surface area contributed by atoms with E-state index in [1.165, 1.54) is 19.4 Å². The SMILES string of the molecule is CCN1CCCC(c2noc(CCCNC)n2)C1. The van der Waals surface area contributed by atoms with Crippen LogP contribution < -0.4 is 5.32 Å². The fourth-order valence-electron chi connectivity index (χ4n) is 2.51. The molecule has 0 aliphatic carbocycles. The molecule has 1 fully saturated rings. The zero-order valence-corrected chi connectivity index (χ0v) is 11.5. The van der Waals surface area contributed by atoms with Crippen molar-refractivity contribution in [1.82, 2.24) is 20.4 Å². The first-order chi connectivity index (χ1) is 8.83. The molecular formula is C13H24N4O. The quantitative estimate of drug-likeness (QED) is 0.776. The van der Waals surface area contributed by atoms with Crippen molar-refractivity contribution in [2.75, 3.05) is 33.2 Å². The number of aryl methyl sites for hydroxylation is 1. The first kappa shape index (κ1) is 13.5. The summed E-state index contributed by atoms with van der Waals surface area (Å²) in [6, 6.07) is 0. The average Bonchev–Trinajstić information content (AvgIpc) is 2.88. The first-order valence-electron chi connectivity index (χ1n) is 7.03. The van der Waals surface area contributed by atoms with Crippen LogP contribution in [0.4, 0.5) is 0 Å². The van der Waals surface area contributed by atoms with Crippen molar-refractivity contribution in [3.05, 3.63) is 11.7 Å². The molecule has 1 aromatic heterocycles. The summed E-state index contributed by atoms with van der Waals surface area (Å²) >= 11 is 0. The minimum absolute atomic E-state index is 0.459. The van der Waals surface area contributed by atoms with Gasteiger partial charge in [-0.25, -0.2) is 0 Å². The smallest absolute Gasteiger partial charge is 0.226 e. The van der Waals surface area contributed by atoms with Crippen LogP contribution in [0.15, 0.2) is 4.52 Å². The molecule has 0 amide bonds. The third-order valence-electron chi connectivity index (χ3n) is 3.62. The molecular weight excluding hydrogens is 228 g/mol. The van der Waals surface area contributed by atoms with Gasteiger partial charge in [0.15, 0.2) is 5.82 Å². The van der Waals surface area contributed by atoms with Crippen LogP contribution in [0.2, 0.25) is 0 Å². The molecule has 0 saturated carbocycles. The lowest BCUT2D eigenvalue weighted by atomic mass is 9.97. The van der Waals surface area contributed by atoms with E-state index >= 15 is 0 Å². The Bertz CT molecular complexity index is 353. The average molecular weight is 252 g/mol. The Hall–Kier alpha value is -0.940. The van der Waals surface area contributed by atoms with Crippen LogP contribution in [-0.2, 0) is 6.42 Å². The van der Waals surface area contributed by atoms with E-state index in [4.69, 9.17) is 4.52 Å². The zero-order valence-electron chi connectivity index (χ0n) is 11.5. The van der Waals surface area contributed by atoms with E-state index in [0.29, 0.717) is 5.92 Å². The lowest BCUT2D eigenvalue weighted by Crippen LogP contribution is -2.34. The van der Waals surface area contributed by atoms with E-state index in [2.05, 4.69) is 27.3 Å². The number of likely N-dealkylation sites (N-methyl/N-ethyl adjacent to an activating group) is 1. The first-order valence-corrected chi connectivity index (χ1v) is 7.03. The summed E-state index contributed by atoms with van der Waals surface area (Å²) < 4.78 is 5.33. The van der Waals surface area contributed by atoms with E-state index in [0.717, 1.165) is 44.2 Å². The maximum absolute atomic E-state index is 5.33. The second-order valence-electron chi connectivity index (χ2n) is 4.99. The number of piperidine rings is 1. The lowest BCUT2D eigenvalue weighted by molar-refractivity contribution is 0.211. The van der Waals surface area contributed by atoms with Gasteiger partial charge in [-0.05, 0) is 45.9 Å². The van der Waals surface area contributed by atoms with Gasteiger partial charge in [-0.3, -0.25) is 0 Å². The predicted molar refractivity (Wildman–Crippen MR) is 70.6 cm³/mol.